The fraction of sp³-hybridized carbons (Fsp3) is 0.588. The van der Waals surface area contributed by atoms with E-state index in [0.717, 1.165) is 18.5 Å². The van der Waals surface area contributed by atoms with Gasteiger partial charge in [-0.3, -0.25) is 4.79 Å². The molecule has 0 radical (unpaired) electrons. The Labute approximate surface area is 144 Å². The van der Waals surface area contributed by atoms with Crippen molar-refractivity contribution in [2.24, 2.45) is 0 Å². The average Bonchev–Trinajstić information content (AvgIpc) is 2.55. The van der Waals surface area contributed by atoms with Crippen LogP contribution in [-0.2, 0) is 21.4 Å². The molecule has 1 atom stereocenters. The number of benzene rings is 1. The maximum absolute atomic E-state index is 12.1. The second-order valence-electron chi connectivity index (χ2n) is 6.54. The van der Waals surface area contributed by atoms with Crippen LogP contribution in [0.2, 0.25) is 0 Å². The van der Waals surface area contributed by atoms with E-state index in [1.54, 1.807) is 24.3 Å². The number of hydrogen-bond acceptors (Lipinski definition) is 4. The summed E-state index contributed by atoms with van der Waals surface area (Å²) >= 11 is 0. The molecule has 0 bridgehead atoms. The molecule has 1 aromatic carbocycles. The molecule has 0 spiro atoms. The van der Waals surface area contributed by atoms with E-state index in [9.17, 15) is 13.2 Å². The topological polar surface area (TPSA) is 69.7 Å². The molecular weight excluding hydrogens is 326 g/mol. The molecule has 1 N–H and O–H groups in total. The van der Waals surface area contributed by atoms with Crippen LogP contribution in [0, 0.1) is 0 Å². The Bertz CT molecular complexity index is 656. The first kappa shape index (κ1) is 18.9. The third-order valence-corrected chi connectivity index (χ3v) is 6.36. The summed E-state index contributed by atoms with van der Waals surface area (Å²) in [6.07, 6.45) is 3.98. The van der Waals surface area contributed by atoms with Gasteiger partial charge in [-0.2, -0.15) is 0 Å². The van der Waals surface area contributed by atoms with Gasteiger partial charge in [-0.1, -0.05) is 18.6 Å². The molecule has 1 saturated heterocycles. The zero-order valence-electron chi connectivity index (χ0n) is 14.7. The zero-order valence-corrected chi connectivity index (χ0v) is 15.5. The Morgan fingerprint density at radius 1 is 1.25 bits per heavy atom. The van der Waals surface area contributed by atoms with Crippen molar-refractivity contribution in [2.75, 3.05) is 27.7 Å². The van der Waals surface area contributed by atoms with E-state index in [1.807, 2.05) is 0 Å². The first-order valence-corrected chi connectivity index (χ1v) is 9.73. The highest BCUT2D eigenvalue weighted by molar-refractivity contribution is 7.89. The van der Waals surface area contributed by atoms with E-state index in [0.29, 0.717) is 19.0 Å². The minimum atomic E-state index is -3.41. The number of nitrogens with one attached hydrogen (secondary N) is 1. The number of carbonyl (C=O) groups is 1. The van der Waals surface area contributed by atoms with Gasteiger partial charge in [-0.05, 0) is 44.1 Å². The van der Waals surface area contributed by atoms with Crippen molar-refractivity contribution in [3.63, 3.8) is 0 Å². The van der Waals surface area contributed by atoms with E-state index in [-0.39, 0.29) is 10.8 Å². The number of rotatable bonds is 6. The van der Waals surface area contributed by atoms with Gasteiger partial charge < -0.3 is 10.2 Å². The third-order valence-electron chi connectivity index (χ3n) is 4.53. The van der Waals surface area contributed by atoms with Gasteiger partial charge in [-0.15, -0.1) is 0 Å². The molecule has 0 unspecified atom stereocenters. The van der Waals surface area contributed by atoms with E-state index in [2.05, 4.69) is 17.3 Å². The number of sulfonamides is 1. The minimum absolute atomic E-state index is 0.0405. The van der Waals surface area contributed by atoms with E-state index >= 15 is 0 Å². The molecule has 1 aromatic rings. The van der Waals surface area contributed by atoms with Crippen LogP contribution in [0.3, 0.4) is 0 Å². The molecule has 1 aliphatic rings. The number of nitrogens with zero attached hydrogens (tertiary/aromatic N) is 2. The first-order valence-electron chi connectivity index (χ1n) is 8.29. The summed E-state index contributed by atoms with van der Waals surface area (Å²) in [5, 5.41) is 2.92. The van der Waals surface area contributed by atoms with Gasteiger partial charge in [0, 0.05) is 33.1 Å². The van der Waals surface area contributed by atoms with Crippen LogP contribution in [-0.4, -0.2) is 57.3 Å². The predicted octanol–water partition coefficient (Wildman–Crippen LogP) is 1.43. The van der Waals surface area contributed by atoms with Crippen LogP contribution in [0.1, 0.15) is 31.2 Å². The van der Waals surface area contributed by atoms with Crippen molar-refractivity contribution >= 4 is 15.9 Å². The molecule has 1 heterocycles. The summed E-state index contributed by atoms with van der Waals surface area (Å²) in [6.45, 7) is 1.47. The normalized spacial score (nSPS) is 19.4. The molecule has 0 aromatic heterocycles. The van der Waals surface area contributed by atoms with E-state index in [4.69, 9.17) is 0 Å². The Morgan fingerprint density at radius 3 is 2.50 bits per heavy atom. The Hall–Kier alpha value is -1.44. The van der Waals surface area contributed by atoms with Gasteiger partial charge in [-0.25, -0.2) is 12.7 Å². The van der Waals surface area contributed by atoms with E-state index < -0.39 is 10.0 Å². The van der Waals surface area contributed by atoms with Crippen molar-refractivity contribution < 1.29 is 13.2 Å². The largest absolute Gasteiger partial charge is 0.352 e. The second-order valence-corrected chi connectivity index (χ2v) is 8.69. The van der Waals surface area contributed by atoms with Crippen LogP contribution in [0.5, 0.6) is 0 Å². The van der Waals surface area contributed by atoms with Crippen molar-refractivity contribution in [2.45, 2.75) is 43.2 Å². The summed E-state index contributed by atoms with van der Waals surface area (Å²) in [5.74, 6) is 0.0405. The number of carbonyl (C=O) groups excluding carboxylic acids is 1. The maximum atomic E-state index is 12.1. The van der Waals surface area contributed by atoms with E-state index in [1.165, 1.54) is 31.2 Å². The lowest BCUT2D eigenvalue weighted by Gasteiger charge is -2.31. The number of likely N-dealkylation sites (tertiary alicyclic amines) is 1. The average molecular weight is 353 g/mol. The molecule has 1 aliphatic heterocycles. The SMILES string of the molecule is CN1CCCC[C@H]1CC(=O)NCc1ccc(S(=O)(=O)N(C)C)cc1. The van der Waals surface area contributed by atoms with Crippen LogP contribution in [0.15, 0.2) is 29.2 Å². The lowest BCUT2D eigenvalue weighted by molar-refractivity contribution is -0.122. The molecule has 0 aliphatic carbocycles. The summed E-state index contributed by atoms with van der Waals surface area (Å²) in [6, 6.07) is 6.95. The summed E-state index contributed by atoms with van der Waals surface area (Å²) in [7, 11) is 1.67. The van der Waals surface area contributed by atoms with Crippen molar-refractivity contribution in [1.29, 1.82) is 0 Å². The van der Waals surface area contributed by atoms with Gasteiger partial charge >= 0.3 is 0 Å². The van der Waals surface area contributed by atoms with Crippen LogP contribution in [0.25, 0.3) is 0 Å². The molecule has 6 nitrogen and oxygen atoms in total. The molecule has 7 heteroatoms. The Balaban J connectivity index is 1.87. The Kier molecular flexibility index (Phi) is 6.37. The Morgan fingerprint density at radius 2 is 1.92 bits per heavy atom. The maximum Gasteiger partial charge on any atom is 0.242 e. The van der Waals surface area contributed by atoms with Gasteiger partial charge in [0.1, 0.15) is 0 Å². The van der Waals surface area contributed by atoms with Crippen LogP contribution >= 0.6 is 0 Å². The number of hydrogen-bond donors (Lipinski definition) is 1. The van der Waals surface area contributed by atoms with Gasteiger partial charge in [0.15, 0.2) is 0 Å². The highest BCUT2D eigenvalue weighted by atomic mass is 32.2. The van der Waals surface area contributed by atoms with Gasteiger partial charge in [0.05, 0.1) is 4.90 Å². The monoisotopic (exact) mass is 353 g/mol. The molecule has 24 heavy (non-hydrogen) atoms. The van der Waals surface area contributed by atoms with Crippen LogP contribution < -0.4 is 5.32 Å². The summed E-state index contributed by atoms with van der Waals surface area (Å²) < 4.78 is 25.2. The molecular formula is C17H27N3O3S. The molecule has 2 rings (SSSR count). The standard InChI is InChI=1S/C17H27N3O3S/c1-19(2)24(22,23)16-9-7-14(8-10-16)13-18-17(21)12-15-6-4-5-11-20(15)3/h7-10,15H,4-6,11-13H2,1-3H3,(H,18,21)/t15-/m0/s1. The molecule has 134 valence electrons. The number of piperidine rings is 1. The van der Waals surface area contributed by atoms with Gasteiger partial charge in [0.2, 0.25) is 15.9 Å². The summed E-state index contributed by atoms with van der Waals surface area (Å²) in [4.78, 5) is 14.6. The molecule has 0 saturated carbocycles. The first-order chi connectivity index (χ1) is 11.3. The fourth-order valence-corrected chi connectivity index (χ4v) is 3.78. The lowest BCUT2D eigenvalue weighted by Crippen LogP contribution is -2.40. The second kappa shape index (κ2) is 8.09. The quantitative estimate of drug-likeness (QED) is 0.840. The minimum Gasteiger partial charge on any atom is -0.352 e. The van der Waals surface area contributed by atoms with Crippen molar-refractivity contribution in [3.8, 4) is 0 Å². The number of amides is 1. The smallest absolute Gasteiger partial charge is 0.242 e. The molecule has 1 fully saturated rings. The zero-order chi connectivity index (χ0) is 17.7. The van der Waals surface area contributed by atoms with Crippen molar-refractivity contribution in [3.05, 3.63) is 29.8 Å². The lowest BCUT2D eigenvalue weighted by atomic mass is 10.00. The van der Waals surface area contributed by atoms with Crippen LogP contribution in [0.4, 0.5) is 0 Å². The van der Waals surface area contributed by atoms with Gasteiger partial charge in [0.25, 0.3) is 0 Å². The highest BCUT2D eigenvalue weighted by Gasteiger charge is 2.21. The summed E-state index contributed by atoms with van der Waals surface area (Å²) in [5.41, 5.74) is 0.887. The predicted molar refractivity (Wildman–Crippen MR) is 94.0 cm³/mol. The third kappa shape index (κ3) is 4.78. The molecule has 1 amide bonds. The highest BCUT2D eigenvalue weighted by Crippen LogP contribution is 2.18. The fourth-order valence-electron chi connectivity index (χ4n) is 2.88. The van der Waals surface area contributed by atoms with Crippen molar-refractivity contribution in [1.82, 2.24) is 14.5 Å².